The van der Waals surface area contributed by atoms with Gasteiger partial charge < -0.3 is 10.3 Å². The summed E-state index contributed by atoms with van der Waals surface area (Å²) in [5.41, 5.74) is 1.35. The summed E-state index contributed by atoms with van der Waals surface area (Å²) in [5.74, 6) is 0.868. The molecular formula is C12H13N4O. The molecule has 0 saturated heterocycles. The van der Waals surface area contributed by atoms with Crippen molar-refractivity contribution >= 4 is 17.7 Å². The molecule has 2 rings (SSSR count). The number of aromatic amines is 1. The molecule has 0 bridgehead atoms. The van der Waals surface area contributed by atoms with Gasteiger partial charge in [-0.2, -0.15) is 4.98 Å². The smallest absolute Gasteiger partial charge is 0.257 e. The minimum absolute atomic E-state index is 0.215. The number of carbonyl (C=O) groups is 1. The lowest BCUT2D eigenvalue weighted by Gasteiger charge is -2.02. The third-order valence-corrected chi connectivity index (χ3v) is 2.26. The van der Waals surface area contributed by atoms with E-state index in [1.807, 2.05) is 6.07 Å². The molecule has 0 unspecified atom stereocenters. The minimum Gasteiger partial charge on any atom is -0.372 e. The molecule has 0 fully saturated rings. The first-order valence-electron chi connectivity index (χ1n) is 5.15. The van der Waals surface area contributed by atoms with Gasteiger partial charge in [0.15, 0.2) is 0 Å². The van der Waals surface area contributed by atoms with E-state index < -0.39 is 0 Å². The predicted molar refractivity (Wildman–Crippen MR) is 67.0 cm³/mol. The molecule has 1 amide bonds. The van der Waals surface area contributed by atoms with Gasteiger partial charge in [0.1, 0.15) is 5.82 Å². The molecule has 1 heterocycles. The summed E-state index contributed by atoms with van der Waals surface area (Å²) in [6, 6.07) is 7.07. The van der Waals surface area contributed by atoms with Crippen LogP contribution in [0.25, 0.3) is 0 Å². The summed E-state index contributed by atoms with van der Waals surface area (Å²) >= 11 is 0. The summed E-state index contributed by atoms with van der Waals surface area (Å²) in [6.45, 7) is 3.77. The Balaban J connectivity index is 2.11. The molecule has 1 radical (unpaired) electrons. The maximum atomic E-state index is 11.8. The molecule has 0 saturated carbocycles. The molecule has 0 aliphatic heterocycles. The molecule has 1 aromatic heterocycles. The molecule has 2 aromatic rings. The third-order valence-electron chi connectivity index (χ3n) is 2.26. The normalized spacial score (nSPS) is 10.0. The van der Waals surface area contributed by atoms with E-state index in [-0.39, 0.29) is 5.91 Å². The summed E-state index contributed by atoms with van der Waals surface area (Å²) in [5, 5.41) is 5.53. The Morgan fingerprint density at radius 2 is 2.29 bits per heavy atom. The van der Waals surface area contributed by atoms with Crippen molar-refractivity contribution < 1.29 is 4.79 Å². The minimum atomic E-state index is -0.215. The van der Waals surface area contributed by atoms with E-state index in [0.29, 0.717) is 17.3 Å². The number of amides is 1. The van der Waals surface area contributed by atoms with Crippen LogP contribution in [0.15, 0.2) is 30.5 Å². The summed E-state index contributed by atoms with van der Waals surface area (Å²) in [4.78, 5) is 18.8. The van der Waals surface area contributed by atoms with Gasteiger partial charge in [0.05, 0.1) is 0 Å². The Bertz CT molecular complexity index is 533. The van der Waals surface area contributed by atoms with E-state index in [1.54, 1.807) is 31.4 Å². The number of hydrogen-bond donors (Lipinski definition) is 3. The fourth-order valence-electron chi connectivity index (χ4n) is 1.41. The van der Waals surface area contributed by atoms with Crippen molar-refractivity contribution in [3.8, 4) is 0 Å². The SMILES string of the molecule is [CH2]c1cccc(C(=O)Nc2nc(NC)c[nH]2)c1. The van der Waals surface area contributed by atoms with Gasteiger partial charge in [0.2, 0.25) is 5.95 Å². The van der Waals surface area contributed by atoms with Crippen molar-refractivity contribution in [1.82, 2.24) is 9.97 Å². The number of H-pyrrole nitrogens is 1. The third kappa shape index (κ3) is 2.63. The molecule has 0 aliphatic carbocycles. The Labute approximate surface area is 99.3 Å². The molecule has 87 valence electrons. The van der Waals surface area contributed by atoms with Crippen LogP contribution in [0.3, 0.4) is 0 Å². The lowest BCUT2D eigenvalue weighted by atomic mass is 10.1. The van der Waals surface area contributed by atoms with Crippen molar-refractivity contribution in [1.29, 1.82) is 0 Å². The highest BCUT2D eigenvalue weighted by atomic mass is 16.1. The Morgan fingerprint density at radius 1 is 1.47 bits per heavy atom. The first-order valence-corrected chi connectivity index (χ1v) is 5.15. The van der Waals surface area contributed by atoms with Crippen molar-refractivity contribution in [2.45, 2.75) is 0 Å². The second-order valence-electron chi connectivity index (χ2n) is 3.54. The maximum Gasteiger partial charge on any atom is 0.257 e. The van der Waals surface area contributed by atoms with Gasteiger partial charge in [-0.15, -0.1) is 0 Å². The molecule has 3 N–H and O–H groups in total. The van der Waals surface area contributed by atoms with Crippen molar-refractivity contribution in [2.75, 3.05) is 17.7 Å². The van der Waals surface area contributed by atoms with Crippen LogP contribution >= 0.6 is 0 Å². The fourth-order valence-corrected chi connectivity index (χ4v) is 1.41. The number of imidazole rings is 1. The highest BCUT2D eigenvalue weighted by Crippen LogP contribution is 2.09. The van der Waals surface area contributed by atoms with Crippen LogP contribution in [-0.2, 0) is 0 Å². The van der Waals surface area contributed by atoms with Gasteiger partial charge in [-0.1, -0.05) is 12.1 Å². The van der Waals surface area contributed by atoms with Gasteiger partial charge in [-0.05, 0) is 24.6 Å². The van der Waals surface area contributed by atoms with E-state index in [1.165, 1.54) is 0 Å². The summed E-state index contributed by atoms with van der Waals surface area (Å²) in [7, 11) is 1.76. The van der Waals surface area contributed by atoms with Crippen LogP contribution in [-0.4, -0.2) is 22.9 Å². The van der Waals surface area contributed by atoms with E-state index in [2.05, 4.69) is 27.5 Å². The van der Waals surface area contributed by atoms with Gasteiger partial charge in [0.25, 0.3) is 5.91 Å². The number of anilines is 2. The number of hydrogen-bond acceptors (Lipinski definition) is 3. The lowest BCUT2D eigenvalue weighted by Crippen LogP contribution is -2.13. The van der Waals surface area contributed by atoms with Gasteiger partial charge in [-0.3, -0.25) is 10.1 Å². The van der Waals surface area contributed by atoms with Crippen LogP contribution in [0.2, 0.25) is 0 Å². The van der Waals surface area contributed by atoms with Crippen LogP contribution in [0.5, 0.6) is 0 Å². The molecule has 17 heavy (non-hydrogen) atoms. The quantitative estimate of drug-likeness (QED) is 0.752. The Kier molecular flexibility index (Phi) is 3.09. The van der Waals surface area contributed by atoms with Crippen LogP contribution in [0.1, 0.15) is 15.9 Å². The Hall–Kier alpha value is -2.30. The van der Waals surface area contributed by atoms with Gasteiger partial charge in [-0.25, -0.2) is 0 Å². The van der Waals surface area contributed by atoms with E-state index in [9.17, 15) is 4.79 Å². The van der Waals surface area contributed by atoms with Gasteiger partial charge >= 0.3 is 0 Å². The molecule has 0 atom stereocenters. The maximum absolute atomic E-state index is 11.8. The number of benzene rings is 1. The topological polar surface area (TPSA) is 69.8 Å². The van der Waals surface area contributed by atoms with Crippen molar-refractivity contribution in [3.05, 3.63) is 48.5 Å². The highest BCUT2D eigenvalue weighted by Gasteiger charge is 2.08. The second kappa shape index (κ2) is 4.69. The molecule has 5 heteroatoms. The lowest BCUT2D eigenvalue weighted by molar-refractivity contribution is 0.102. The molecule has 5 nitrogen and oxygen atoms in total. The predicted octanol–water partition coefficient (Wildman–Crippen LogP) is 1.89. The number of carbonyl (C=O) groups excluding carboxylic acids is 1. The van der Waals surface area contributed by atoms with Gasteiger partial charge in [0, 0.05) is 18.8 Å². The first kappa shape index (κ1) is 11.2. The zero-order chi connectivity index (χ0) is 12.3. The van der Waals surface area contributed by atoms with Crippen molar-refractivity contribution in [2.24, 2.45) is 0 Å². The largest absolute Gasteiger partial charge is 0.372 e. The monoisotopic (exact) mass is 229 g/mol. The van der Waals surface area contributed by atoms with Crippen LogP contribution in [0.4, 0.5) is 11.8 Å². The zero-order valence-electron chi connectivity index (χ0n) is 9.45. The number of nitrogens with one attached hydrogen (secondary N) is 3. The molecule has 0 aliphatic rings. The highest BCUT2D eigenvalue weighted by molar-refractivity contribution is 6.03. The zero-order valence-corrected chi connectivity index (χ0v) is 9.45. The standard InChI is InChI=1S/C12H13N4O/c1-8-4-3-5-9(6-8)11(17)16-12-14-7-10(13-2)15-12/h3-7,13H,1H2,2H3,(H2,14,15,16,17). The number of rotatable bonds is 3. The summed E-state index contributed by atoms with van der Waals surface area (Å²) in [6.07, 6.45) is 1.67. The Morgan fingerprint density at radius 3 is 2.94 bits per heavy atom. The molecular weight excluding hydrogens is 216 g/mol. The van der Waals surface area contributed by atoms with E-state index >= 15 is 0 Å². The second-order valence-corrected chi connectivity index (χ2v) is 3.54. The number of nitrogens with zero attached hydrogens (tertiary/aromatic N) is 1. The first-order chi connectivity index (χ1) is 8.19. The number of aromatic nitrogens is 2. The molecule has 0 spiro atoms. The molecule has 1 aromatic carbocycles. The van der Waals surface area contributed by atoms with E-state index in [4.69, 9.17) is 0 Å². The average Bonchev–Trinajstić information content (AvgIpc) is 2.77. The van der Waals surface area contributed by atoms with Crippen LogP contribution < -0.4 is 10.6 Å². The fraction of sp³-hybridized carbons (Fsp3) is 0.0833. The summed E-state index contributed by atoms with van der Waals surface area (Å²) < 4.78 is 0. The average molecular weight is 229 g/mol. The van der Waals surface area contributed by atoms with Crippen molar-refractivity contribution in [3.63, 3.8) is 0 Å². The van der Waals surface area contributed by atoms with E-state index in [0.717, 1.165) is 5.56 Å². The van der Waals surface area contributed by atoms with Crippen LogP contribution in [0, 0.1) is 6.92 Å².